The van der Waals surface area contributed by atoms with Crippen LogP contribution in [0.5, 0.6) is 5.88 Å². The molecule has 33 heavy (non-hydrogen) atoms. The van der Waals surface area contributed by atoms with Crippen LogP contribution in [0.3, 0.4) is 0 Å². The number of aromatic nitrogens is 1. The lowest BCUT2D eigenvalue weighted by atomic mass is 9.99. The molecule has 1 aliphatic heterocycles. The molecule has 0 spiro atoms. The first-order valence-electron chi connectivity index (χ1n) is 11.7. The van der Waals surface area contributed by atoms with Gasteiger partial charge in [0.1, 0.15) is 11.7 Å². The third-order valence-corrected chi connectivity index (χ3v) is 6.63. The van der Waals surface area contributed by atoms with Crippen molar-refractivity contribution in [3.05, 3.63) is 47.7 Å². The summed E-state index contributed by atoms with van der Waals surface area (Å²) in [6.45, 7) is 6.16. The summed E-state index contributed by atoms with van der Waals surface area (Å²) < 4.78 is 6.38. The molecule has 2 aliphatic rings. The number of rotatable bonds is 7. The number of fused-ring (bicyclic) bond motifs is 1. The maximum absolute atomic E-state index is 13.5. The predicted octanol–water partition coefficient (Wildman–Crippen LogP) is 3.18. The van der Waals surface area contributed by atoms with E-state index in [0.717, 1.165) is 30.1 Å². The summed E-state index contributed by atoms with van der Waals surface area (Å²) in [5.41, 5.74) is 2.63. The van der Waals surface area contributed by atoms with Crippen LogP contribution >= 0.6 is 0 Å². The molecule has 0 saturated heterocycles. The molecule has 1 fully saturated rings. The van der Waals surface area contributed by atoms with Crippen LogP contribution in [-0.2, 0) is 0 Å². The van der Waals surface area contributed by atoms with Gasteiger partial charge in [-0.1, -0.05) is 19.1 Å². The summed E-state index contributed by atoms with van der Waals surface area (Å²) in [7, 11) is 2.12. The average Bonchev–Trinajstić information content (AvgIpc) is 3.64. The number of hydrogen-bond acceptors (Lipinski definition) is 6. The minimum Gasteiger partial charge on any atom is -0.472 e. The number of benzene rings is 1. The Balaban J connectivity index is 1.68. The topological polar surface area (TPSA) is 89.7 Å². The van der Waals surface area contributed by atoms with Gasteiger partial charge >= 0.3 is 0 Å². The zero-order valence-corrected chi connectivity index (χ0v) is 19.6. The third-order valence-electron chi connectivity index (χ3n) is 6.63. The van der Waals surface area contributed by atoms with Crippen LogP contribution in [0.2, 0.25) is 0 Å². The van der Waals surface area contributed by atoms with Gasteiger partial charge in [0.2, 0.25) is 5.88 Å². The molecule has 2 aromatic rings. The SMILES string of the molecule is C[C@@H]1CN([C@H](C)CO)C(=O)c2cc(-c3ccc(C#N)cc3)cnc2O[C@@H]1CN(C)CC1CC1. The van der Waals surface area contributed by atoms with Crippen molar-refractivity contribution in [2.45, 2.75) is 38.8 Å². The lowest BCUT2D eigenvalue weighted by Crippen LogP contribution is -2.50. The molecule has 1 aromatic heterocycles. The van der Waals surface area contributed by atoms with E-state index in [2.05, 4.69) is 29.9 Å². The highest BCUT2D eigenvalue weighted by molar-refractivity contribution is 5.98. The van der Waals surface area contributed by atoms with E-state index in [1.165, 1.54) is 12.8 Å². The second kappa shape index (κ2) is 9.90. The third kappa shape index (κ3) is 5.35. The van der Waals surface area contributed by atoms with E-state index in [1.807, 2.05) is 25.1 Å². The number of nitriles is 1. The van der Waals surface area contributed by atoms with Crippen molar-refractivity contribution in [1.82, 2.24) is 14.8 Å². The first-order valence-corrected chi connectivity index (χ1v) is 11.7. The Morgan fingerprint density at radius 2 is 2.00 bits per heavy atom. The van der Waals surface area contributed by atoms with Crippen molar-refractivity contribution >= 4 is 5.91 Å². The minimum absolute atomic E-state index is 0.0813. The van der Waals surface area contributed by atoms with E-state index in [9.17, 15) is 9.90 Å². The molecule has 1 aromatic carbocycles. The van der Waals surface area contributed by atoms with Crippen molar-refractivity contribution < 1.29 is 14.6 Å². The van der Waals surface area contributed by atoms with Gasteiger partial charge in [-0.05, 0) is 56.5 Å². The fourth-order valence-corrected chi connectivity index (χ4v) is 4.34. The molecular formula is C26H32N4O3. The molecule has 0 radical (unpaired) electrons. The zero-order chi connectivity index (χ0) is 23.5. The van der Waals surface area contributed by atoms with Crippen LogP contribution in [0.4, 0.5) is 0 Å². The highest BCUT2D eigenvalue weighted by Gasteiger charge is 2.35. The van der Waals surface area contributed by atoms with E-state index in [1.54, 1.807) is 23.2 Å². The number of carbonyl (C=O) groups is 1. The smallest absolute Gasteiger partial charge is 0.259 e. The number of carbonyl (C=O) groups excluding carboxylic acids is 1. The number of amides is 1. The minimum atomic E-state index is -0.311. The van der Waals surface area contributed by atoms with Crippen LogP contribution in [0.1, 0.15) is 42.6 Å². The monoisotopic (exact) mass is 448 g/mol. The summed E-state index contributed by atoms with van der Waals surface area (Å²) in [5, 5.41) is 18.9. The van der Waals surface area contributed by atoms with Gasteiger partial charge in [0.05, 0.1) is 24.3 Å². The van der Waals surface area contributed by atoms with Crippen LogP contribution in [0, 0.1) is 23.2 Å². The van der Waals surface area contributed by atoms with Crippen LogP contribution in [0.15, 0.2) is 36.5 Å². The van der Waals surface area contributed by atoms with E-state index in [0.29, 0.717) is 23.6 Å². The van der Waals surface area contributed by atoms with Crippen LogP contribution in [0.25, 0.3) is 11.1 Å². The maximum atomic E-state index is 13.5. The van der Waals surface area contributed by atoms with Gasteiger partial charge in [0.15, 0.2) is 0 Å². The number of likely N-dealkylation sites (N-methyl/N-ethyl adjacent to an activating group) is 1. The first kappa shape index (κ1) is 23.2. The van der Waals surface area contributed by atoms with Crippen molar-refractivity contribution in [3.8, 4) is 23.1 Å². The molecule has 7 heteroatoms. The number of aliphatic hydroxyl groups is 1. The molecule has 0 bridgehead atoms. The number of hydrogen-bond donors (Lipinski definition) is 1. The van der Waals surface area contributed by atoms with E-state index >= 15 is 0 Å². The summed E-state index contributed by atoms with van der Waals surface area (Å²) in [6, 6.07) is 10.8. The Morgan fingerprint density at radius 1 is 1.27 bits per heavy atom. The average molecular weight is 449 g/mol. The van der Waals surface area contributed by atoms with Crippen molar-refractivity contribution in [2.75, 3.05) is 33.3 Å². The van der Waals surface area contributed by atoms with Crippen molar-refractivity contribution in [3.63, 3.8) is 0 Å². The summed E-state index contributed by atoms with van der Waals surface area (Å²) in [5.74, 6) is 1.01. The highest BCUT2D eigenvalue weighted by Crippen LogP contribution is 2.32. The maximum Gasteiger partial charge on any atom is 0.259 e. The van der Waals surface area contributed by atoms with Crippen molar-refractivity contribution in [1.29, 1.82) is 5.26 Å². The quantitative estimate of drug-likeness (QED) is 0.700. The normalized spacial score (nSPS) is 21.6. The van der Waals surface area contributed by atoms with E-state index in [-0.39, 0.29) is 30.6 Å². The molecule has 2 heterocycles. The lowest BCUT2D eigenvalue weighted by molar-refractivity contribution is 0.0328. The largest absolute Gasteiger partial charge is 0.472 e. The molecule has 3 atom stereocenters. The van der Waals surface area contributed by atoms with E-state index in [4.69, 9.17) is 10.00 Å². The molecular weight excluding hydrogens is 416 g/mol. The number of pyridine rings is 1. The summed E-state index contributed by atoms with van der Waals surface area (Å²) in [4.78, 5) is 22.2. The zero-order valence-electron chi connectivity index (χ0n) is 19.6. The Morgan fingerprint density at radius 3 is 2.64 bits per heavy atom. The van der Waals surface area contributed by atoms with E-state index < -0.39 is 0 Å². The molecule has 1 saturated carbocycles. The molecule has 1 N–H and O–H groups in total. The van der Waals surface area contributed by atoms with Crippen LogP contribution < -0.4 is 4.74 Å². The van der Waals surface area contributed by atoms with Crippen molar-refractivity contribution in [2.24, 2.45) is 11.8 Å². The Hall–Kier alpha value is -2.95. The fraction of sp³-hybridized carbons (Fsp3) is 0.500. The van der Waals surface area contributed by atoms with Gasteiger partial charge < -0.3 is 19.6 Å². The van der Waals surface area contributed by atoms with Gasteiger partial charge in [-0.25, -0.2) is 4.98 Å². The summed E-state index contributed by atoms with van der Waals surface area (Å²) in [6.07, 6.45) is 4.18. The summed E-state index contributed by atoms with van der Waals surface area (Å²) >= 11 is 0. The second-order valence-corrected chi connectivity index (χ2v) is 9.55. The lowest BCUT2D eigenvalue weighted by Gasteiger charge is -2.37. The first-order chi connectivity index (χ1) is 15.9. The Bertz CT molecular complexity index is 1030. The molecule has 0 unspecified atom stereocenters. The fourth-order valence-electron chi connectivity index (χ4n) is 4.34. The Kier molecular flexibility index (Phi) is 6.96. The highest BCUT2D eigenvalue weighted by atomic mass is 16.5. The molecule has 174 valence electrons. The molecule has 7 nitrogen and oxygen atoms in total. The van der Waals surface area contributed by atoms with Gasteiger partial charge in [-0.3, -0.25) is 4.79 Å². The van der Waals surface area contributed by atoms with Gasteiger partial charge in [-0.2, -0.15) is 5.26 Å². The Labute approximate surface area is 195 Å². The predicted molar refractivity (Wildman–Crippen MR) is 126 cm³/mol. The standard InChI is InChI=1S/C26H32N4O3/c1-17-13-30(18(2)16-31)26(32)23-10-22(21-8-6-19(11-27)7-9-21)12-28-25(23)33-24(17)15-29(3)14-20-4-5-20/h6-10,12,17-18,20,24,31H,4-5,13-16H2,1-3H3/t17-,18-,24-/m1/s1. The van der Waals surface area contributed by atoms with Gasteiger partial charge in [0, 0.05) is 37.3 Å². The van der Waals surface area contributed by atoms with Crippen LogP contribution in [-0.4, -0.2) is 71.2 Å². The van der Waals surface area contributed by atoms with Gasteiger partial charge in [-0.15, -0.1) is 0 Å². The van der Waals surface area contributed by atoms with Gasteiger partial charge in [0.25, 0.3) is 5.91 Å². The number of nitrogens with zero attached hydrogens (tertiary/aromatic N) is 4. The number of aliphatic hydroxyl groups excluding tert-OH is 1. The number of ether oxygens (including phenoxy) is 1. The molecule has 1 aliphatic carbocycles. The molecule has 4 rings (SSSR count). The molecule has 1 amide bonds. The second-order valence-electron chi connectivity index (χ2n) is 9.55.